The average Bonchev–Trinajstić information content (AvgIpc) is 3.23. The van der Waals surface area contributed by atoms with Crippen molar-refractivity contribution in [1.29, 1.82) is 0 Å². The van der Waals surface area contributed by atoms with Crippen LogP contribution in [0.25, 0.3) is 0 Å². The third kappa shape index (κ3) is 3.94. The van der Waals surface area contributed by atoms with Gasteiger partial charge in [0.25, 0.3) is 0 Å². The van der Waals surface area contributed by atoms with E-state index in [-0.39, 0.29) is 5.54 Å². The molecule has 108 valence electrons. The molecular formula is C15H33N3. The Bertz CT molecular complexity index is 224. The lowest BCUT2D eigenvalue weighted by molar-refractivity contribution is 0.0895. The molecule has 0 amide bonds. The second-order valence-electron chi connectivity index (χ2n) is 5.80. The van der Waals surface area contributed by atoms with E-state index in [1.54, 1.807) is 0 Å². The summed E-state index contributed by atoms with van der Waals surface area (Å²) >= 11 is 0. The highest BCUT2D eigenvalue weighted by atomic mass is 15.2. The fourth-order valence-electron chi connectivity index (χ4n) is 3.06. The van der Waals surface area contributed by atoms with Gasteiger partial charge in [-0.1, -0.05) is 20.8 Å². The van der Waals surface area contributed by atoms with Gasteiger partial charge in [-0.05, 0) is 64.8 Å². The summed E-state index contributed by atoms with van der Waals surface area (Å²) in [6, 6.07) is 0. The largest absolute Gasteiger partial charge is 0.329 e. The number of hydrogen-bond acceptors (Lipinski definition) is 3. The van der Waals surface area contributed by atoms with Crippen molar-refractivity contribution >= 4 is 0 Å². The zero-order valence-corrected chi connectivity index (χ0v) is 12.9. The van der Waals surface area contributed by atoms with E-state index in [4.69, 9.17) is 5.73 Å². The first-order chi connectivity index (χ1) is 8.62. The van der Waals surface area contributed by atoms with Crippen molar-refractivity contribution in [2.24, 2.45) is 11.7 Å². The molecular weight excluding hydrogens is 222 g/mol. The zero-order valence-electron chi connectivity index (χ0n) is 12.9. The standard InChI is InChI=1S/C15H33N3/c1-5-17(6-2)11-8-12-18(7-3)15(4,13-16)14-9-10-14/h14H,5-13,16H2,1-4H3. The van der Waals surface area contributed by atoms with Crippen molar-refractivity contribution < 1.29 is 0 Å². The molecule has 1 aliphatic carbocycles. The highest BCUT2D eigenvalue weighted by molar-refractivity contribution is 5.00. The Morgan fingerprint density at radius 2 is 1.67 bits per heavy atom. The first-order valence-corrected chi connectivity index (χ1v) is 7.79. The molecule has 2 N–H and O–H groups in total. The highest BCUT2D eigenvalue weighted by Crippen LogP contribution is 2.42. The normalized spacial score (nSPS) is 19.5. The van der Waals surface area contributed by atoms with Gasteiger partial charge in [0.05, 0.1) is 0 Å². The number of likely N-dealkylation sites (N-methyl/N-ethyl adjacent to an activating group) is 1. The van der Waals surface area contributed by atoms with Crippen LogP contribution in [0.2, 0.25) is 0 Å². The van der Waals surface area contributed by atoms with Gasteiger partial charge in [0.2, 0.25) is 0 Å². The van der Waals surface area contributed by atoms with Crippen LogP contribution in [-0.2, 0) is 0 Å². The van der Waals surface area contributed by atoms with Gasteiger partial charge in [0.1, 0.15) is 0 Å². The van der Waals surface area contributed by atoms with Crippen molar-refractivity contribution in [3.05, 3.63) is 0 Å². The Morgan fingerprint density at radius 1 is 1.06 bits per heavy atom. The zero-order chi connectivity index (χ0) is 13.6. The van der Waals surface area contributed by atoms with Crippen LogP contribution in [0.5, 0.6) is 0 Å². The van der Waals surface area contributed by atoms with Gasteiger partial charge in [-0.25, -0.2) is 0 Å². The molecule has 1 unspecified atom stereocenters. The van der Waals surface area contributed by atoms with Gasteiger partial charge in [0.15, 0.2) is 0 Å². The van der Waals surface area contributed by atoms with Crippen LogP contribution in [0.3, 0.4) is 0 Å². The van der Waals surface area contributed by atoms with Crippen LogP contribution in [0, 0.1) is 5.92 Å². The Hall–Kier alpha value is -0.120. The summed E-state index contributed by atoms with van der Waals surface area (Å²) in [5.74, 6) is 0.843. The summed E-state index contributed by atoms with van der Waals surface area (Å²) in [7, 11) is 0. The average molecular weight is 255 g/mol. The van der Waals surface area contributed by atoms with E-state index in [9.17, 15) is 0 Å². The minimum Gasteiger partial charge on any atom is -0.329 e. The highest BCUT2D eigenvalue weighted by Gasteiger charge is 2.43. The van der Waals surface area contributed by atoms with Crippen molar-refractivity contribution in [2.45, 2.75) is 52.5 Å². The van der Waals surface area contributed by atoms with Crippen LogP contribution < -0.4 is 5.73 Å². The molecule has 0 radical (unpaired) electrons. The Kier molecular flexibility index (Phi) is 6.61. The molecule has 0 aliphatic heterocycles. The molecule has 0 aromatic carbocycles. The number of rotatable bonds is 10. The molecule has 1 saturated carbocycles. The minimum absolute atomic E-state index is 0.248. The Morgan fingerprint density at radius 3 is 2.06 bits per heavy atom. The van der Waals surface area contributed by atoms with Gasteiger partial charge >= 0.3 is 0 Å². The maximum absolute atomic E-state index is 6.06. The maximum atomic E-state index is 6.06. The molecule has 1 aliphatic rings. The van der Waals surface area contributed by atoms with E-state index in [0.29, 0.717) is 0 Å². The van der Waals surface area contributed by atoms with Gasteiger partial charge in [-0.3, -0.25) is 4.90 Å². The first-order valence-electron chi connectivity index (χ1n) is 7.79. The topological polar surface area (TPSA) is 32.5 Å². The molecule has 0 heterocycles. The summed E-state index contributed by atoms with van der Waals surface area (Å²) < 4.78 is 0. The molecule has 1 atom stereocenters. The van der Waals surface area contributed by atoms with Crippen LogP contribution in [0.15, 0.2) is 0 Å². The first kappa shape index (κ1) is 15.9. The second-order valence-corrected chi connectivity index (χ2v) is 5.80. The second kappa shape index (κ2) is 7.46. The predicted molar refractivity (Wildman–Crippen MR) is 79.8 cm³/mol. The lowest BCUT2D eigenvalue weighted by Crippen LogP contribution is -2.54. The predicted octanol–water partition coefficient (Wildman–Crippen LogP) is 2.17. The molecule has 0 bridgehead atoms. The molecule has 0 aromatic heterocycles. The Labute approximate surface area is 114 Å². The molecule has 0 aromatic rings. The molecule has 18 heavy (non-hydrogen) atoms. The lowest BCUT2D eigenvalue weighted by Gasteiger charge is -2.41. The van der Waals surface area contributed by atoms with Crippen molar-refractivity contribution in [2.75, 3.05) is 39.3 Å². The molecule has 1 rings (SSSR count). The number of nitrogens with zero attached hydrogens (tertiary/aromatic N) is 2. The van der Waals surface area contributed by atoms with Crippen molar-refractivity contribution in [1.82, 2.24) is 9.80 Å². The van der Waals surface area contributed by atoms with Gasteiger partial charge in [-0.2, -0.15) is 0 Å². The van der Waals surface area contributed by atoms with E-state index in [1.165, 1.54) is 45.4 Å². The third-order valence-electron chi connectivity index (χ3n) is 4.77. The quantitative estimate of drug-likeness (QED) is 0.649. The molecule has 0 spiro atoms. The van der Waals surface area contributed by atoms with Crippen LogP contribution in [0.4, 0.5) is 0 Å². The maximum Gasteiger partial charge on any atom is 0.0331 e. The summed E-state index contributed by atoms with van der Waals surface area (Å²) in [4.78, 5) is 5.12. The van der Waals surface area contributed by atoms with Crippen molar-refractivity contribution in [3.63, 3.8) is 0 Å². The SMILES string of the molecule is CCN(CC)CCCN(CC)C(C)(CN)C1CC1. The monoisotopic (exact) mass is 255 g/mol. The van der Waals surface area contributed by atoms with Crippen LogP contribution >= 0.6 is 0 Å². The molecule has 3 nitrogen and oxygen atoms in total. The van der Waals surface area contributed by atoms with E-state index < -0.39 is 0 Å². The third-order valence-corrected chi connectivity index (χ3v) is 4.77. The molecule has 0 saturated heterocycles. The van der Waals surface area contributed by atoms with E-state index >= 15 is 0 Å². The van der Waals surface area contributed by atoms with E-state index in [1.807, 2.05) is 0 Å². The summed E-state index contributed by atoms with van der Waals surface area (Å²) in [6.07, 6.45) is 4.01. The Balaban J connectivity index is 2.41. The summed E-state index contributed by atoms with van der Waals surface area (Å²) in [6.45, 7) is 15.8. The smallest absolute Gasteiger partial charge is 0.0331 e. The van der Waals surface area contributed by atoms with Crippen LogP contribution in [-0.4, -0.2) is 54.6 Å². The summed E-state index contributed by atoms with van der Waals surface area (Å²) in [5.41, 5.74) is 6.30. The molecule has 1 fully saturated rings. The fraction of sp³-hybridized carbons (Fsp3) is 1.00. The van der Waals surface area contributed by atoms with Gasteiger partial charge in [0, 0.05) is 12.1 Å². The van der Waals surface area contributed by atoms with Crippen LogP contribution in [0.1, 0.15) is 47.0 Å². The van der Waals surface area contributed by atoms with Gasteiger partial charge in [-0.15, -0.1) is 0 Å². The fourth-order valence-corrected chi connectivity index (χ4v) is 3.06. The molecule has 3 heteroatoms. The van der Waals surface area contributed by atoms with Crippen molar-refractivity contribution in [3.8, 4) is 0 Å². The summed E-state index contributed by atoms with van der Waals surface area (Å²) in [5, 5.41) is 0. The van der Waals surface area contributed by atoms with E-state index in [2.05, 4.69) is 37.5 Å². The number of hydrogen-bond donors (Lipinski definition) is 1. The minimum atomic E-state index is 0.248. The van der Waals surface area contributed by atoms with Gasteiger partial charge < -0.3 is 10.6 Å². The number of nitrogens with two attached hydrogens (primary N) is 1. The van der Waals surface area contributed by atoms with E-state index in [0.717, 1.165) is 19.0 Å². The lowest BCUT2D eigenvalue weighted by atomic mass is 9.93.